The predicted molar refractivity (Wildman–Crippen MR) is 46.0 cm³/mol. The molecule has 0 aliphatic carbocycles. The van der Waals surface area contributed by atoms with E-state index in [1.165, 1.54) is 0 Å². The molecule has 1 nitrogen and oxygen atoms in total. The van der Waals surface area contributed by atoms with Gasteiger partial charge in [0.05, 0.1) is 0 Å². The summed E-state index contributed by atoms with van der Waals surface area (Å²) in [7, 11) is 0. The van der Waals surface area contributed by atoms with E-state index in [4.69, 9.17) is 0 Å². The molecule has 0 aromatic heterocycles. The summed E-state index contributed by atoms with van der Waals surface area (Å²) in [6.45, 7) is -2.08. The average molecular weight is 358 g/mol. The molecule has 22 heavy (non-hydrogen) atoms. The number of halogens is 12. The number of hydrogen-bond donors (Lipinski definition) is 0. The first kappa shape index (κ1) is 20.8. The van der Waals surface area contributed by atoms with E-state index in [0.717, 1.165) is 0 Å². The zero-order chi connectivity index (χ0) is 18.6. The van der Waals surface area contributed by atoms with Gasteiger partial charge in [-0.25, -0.2) is 8.78 Å². The first-order valence-corrected chi connectivity index (χ1v) is 4.97. The summed E-state index contributed by atoms with van der Waals surface area (Å²) in [6, 6.07) is 0. The average Bonchev–Trinajstić information content (AvgIpc) is 2.24. The third-order valence-corrected chi connectivity index (χ3v) is 2.81. The van der Waals surface area contributed by atoms with Crippen molar-refractivity contribution in [3.63, 3.8) is 0 Å². The van der Waals surface area contributed by atoms with Gasteiger partial charge in [0.15, 0.2) is 0 Å². The molecule has 0 aliphatic heterocycles. The van der Waals surface area contributed by atoms with E-state index in [0.29, 0.717) is 0 Å². The maximum absolute atomic E-state index is 13.0. The van der Waals surface area contributed by atoms with Crippen molar-refractivity contribution in [1.29, 1.82) is 0 Å². The molecule has 0 saturated heterocycles. The molecule has 0 spiro atoms. The fourth-order valence-electron chi connectivity index (χ4n) is 0.980. The Morgan fingerprint density at radius 2 is 0.727 bits per heavy atom. The summed E-state index contributed by atoms with van der Waals surface area (Å²) in [5.74, 6) is -17.8. The Balaban J connectivity index is 6.07. The molecule has 0 bridgehead atoms. The Morgan fingerprint density at radius 3 is 0.864 bits per heavy atom. The van der Waals surface area contributed by atoms with Gasteiger partial charge in [-0.1, -0.05) is 0 Å². The smallest absolute Gasteiger partial charge is 0.286 e. The molecule has 132 valence electrons. The third-order valence-electron chi connectivity index (χ3n) is 2.81. The Labute approximate surface area is 114 Å². The second-order valence-electron chi connectivity index (χ2n) is 4.48. The van der Waals surface area contributed by atoms with Crippen LogP contribution in [0.4, 0.5) is 52.7 Å². The van der Waals surface area contributed by atoms with Gasteiger partial charge < -0.3 is 0 Å². The number of carbonyl (C=O) groups excluding carboxylic acids is 1. The van der Waals surface area contributed by atoms with E-state index >= 15 is 0 Å². The third kappa shape index (κ3) is 2.73. The van der Waals surface area contributed by atoms with Crippen LogP contribution in [0.3, 0.4) is 0 Å². The molecule has 0 saturated carbocycles. The van der Waals surface area contributed by atoms with E-state index < -0.39 is 55.2 Å². The van der Waals surface area contributed by atoms with Gasteiger partial charge in [-0.3, -0.25) is 4.79 Å². The lowest BCUT2D eigenvalue weighted by Crippen LogP contribution is -2.67. The first-order chi connectivity index (χ1) is 9.15. The molecule has 0 aliphatic rings. The molecule has 0 rings (SSSR count). The van der Waals surface area contributed by atoms with Gasteiger partial charge in [-0.2, -0.15) is 43.9 Å². The molecule has 0 aromatic rings. The van der Waals surface area contributed by atoms with Crippen LogP contribution >= 0.6 is 0 Å². The van der Waals surface area contributed by atoms with Crippen molar-refractivity contribution in [3.05, 3.63) is 0 Å². The Hall–Kier alpha value is -1.17. The summed E-state index contributed by atoms with van der Waals surface area (Å²) >= 11 is 0. The van der Waals surface area contributed by atoms with Gasteiger partial charge in [0.25, 0.3) is 17.1 Å². The van der Waals surface area contributed by atoms with Crippen molar-refractivity contribution in [3.8, 4) is 0 Å². The molecule has 2 unspecified atom stereocenters. The highest BCUT2D eigenvalue weighted by atomic mass is 19.4. The summed E-state index contributed by atoms with van der Waals surface area (Å²) in [5, 5.41) is 0. The van der Waals surface area contributed by atoms with E-state index in [2.05, 4.69) is 0 Å². The molecule has 13 heteroatoms. The number of Topliss-reactive ketones (excluding diaryl/α,β-unsaturated/α-hetero) is 1. The van der Waals surface area contributed by atoms with Crippen LogP contribution in [0.5, 0.6) is 0 Å². The van der Waals surface area contributed by atoms with Crippen LogP contribution in [-0.4, -0.2) is 41.3 Å². The van der Waals surface area contributed by atoms with Crippen molar-refractivity contribution in [2.45, 2.75) is 49.4 Å². The SMILES string of the molecule is CC(F)(C(F)(F)F)C(F)(F)C(=O)C(F)(F)C(C)(F)C(F)(F)F. The molecule has 0 fully saturated rings. The van der Waals surface area contributed by atoms with Crippen LogP contribution < -0.4 is 0 Å². The van der Waals surface area contributed by atoms with Crippen LogP contribution in [0.1, 0.15) is 13.8 Å². The van der Waals surface area contributed by atoms with Crippen LogP contribution in [0.15, 0.2) is 0 Å². The van der Waals surface area contributed by atoms with Gasteiger partial charge in [0.2, 0.25) is 0 Å². The summed E-state index contributed by atoms with van der Waals surface area (Å²) < 4.78 is 150. The standard InChI is InChI=1S/C9H6F12O/c1-4(10,8(16,17)18)6(12,13)3(22)7(14,15)5(2,11)9(19,20)21/h1-2H3. The van der Waals surface area contributed by atoms with Crippen molar-refractivity contribution in [1.82, 2.24) is 0 Å². The predicted octanol–water partition coefficient (Wildman–Crippen LogP) is 4.41. The van der Waals surface area contributed by atoms with Crippen molar-refractivity contribution >= 4 is 5.78 Å². The first-order valence-electron chi connectivity index (χ1n) is 4.97. The highest BCUT2D eigenvalue weighted by Gasteiger charge is 2.80. The van der Waals surface area contributed by atoms with Gasteiger partial charge in [-0.05, 0) is 13.8 Å². The van der Waals surface area contributed by atoms with E-state index in [9.17, 15) is 57.5 Å². The quantitative estimate of drug-likeness (QED) is 0.681. The lowest BCUT2D eigenvalue weighted by molar-refractivity contribution is -0.311. The minimum absolute atomic E-state index is 1.04. The highest BCUT2D eigenvalue weighted by molar-refractivity contribution is 5.94. The molecule has 0 heterocycles. The van der Waals surface area contributed by atoms with Crippen molar-refractivity contribution in [2.24, 2.45) is 0 Å². The summed E-state index contributed by atoms with van der Waals surface area (Å²) in [5.41, 5.74) is -11.9. The Kier molecular flexibility index (Phi) is 4.65. The number of carbonyl (C=O) groups is 1. The monoisotopic (exact) mass is 358 g/mol. The number of hydrogen-bond acceptors (Lipinski definition) is 1. The van der Waals surface area contributed by atoms with Crippen molar-refractivity contribution in [2.75, 3.05) is 0 Å². The van der Waals surface area contributed by atoms with Crippen molar-refractivity contribution < 1.29 is 57.5 Å². The maximum Gasteiger partial charge on any atom is 0.428 e. The lowest BCUT2D eigenvalue weighted by Gasteiger charge is -2.36. The molecular formula is C9H6F12O. The topological polar surface area (TPSA) is 17.1 Å². The lowest BCUT2D eigenvalue weighted by atomic mass is 9.86. The molecule has 0 N–H and O–H groups in total. The van der Waals surface area contributed by atoms with E-state index in [1.807, 2.05) is 0 Å². The second kappa shape index (κ2) is 4.91. The molecule has 0 radical (unpaired) electrons. The fourth-order valence-corrected chi connectivity index (χ4v) is 0.980. The normalized spacial score (nSPS) is 20.3. The second-order valence-corrected chi connectivity index (χ2v) is 4.48. The molecule has 0 aromatic carbocycles. The summed E-state index contributed by atoms with van der Waals surface area (Å²) in [6.07, 6.45) is -13.2. The van der Waals surface area contributed by atoms with Gasteiger partial charge in [-0.15, -0.1) is 0 Å². The van der Waals surface area contributed by atoms with Crippen LogP contribution in [-0.2, 0) is 4.79 Å². The van der Waals surface area contributed by atoms with Crippen LogP contribution in [0.2, 0.25) is 0 Å². The number of rotatable bonds is 4. The molecule has 0 amide bonds. The molecular weight excluding hydrogens is 352 g/mol. The van der Waals surface area contributed by atoms with Crippen LogP contribution in [0, 0.1) is 0 Å². The molecule has 2 atom stereocenters. The Bertz CT molecular complexity index is 400. The van der Waals surface area contributed by atoms with E-state index in [-0.39, 0.29) is 0 Å². The van der Waals surface area contributed by atoms with Gasteiger partial charge >= 0.3 is 24.2 Å². The minimum atomic E-state index is -6.67. The zero-order valence-corrected chi connectivity index (χ0v) is 10.4. The van der Waals surface area contributed by atoms with Crippen LogP contribution in [0.25, 0.3) is 0 Å². The zero-order valence-electron chi connectivity index (χ0n) is 10.4. The number of ketones is 1. The highest BCUT2D eigenvalue weighted by Crippen LogP contribution is 2.52. The van der Waals surface area contributed by atoms with Gasteiger partial charge in [0, 0.05) is 0 Å². The number of alkyl halides is 12. The Morgan fingerprint density at radius 1 is 0.545 bits per heavy atom. The maximum atomic E-state index is 13.0. The van der Waals surface area contributed by atoms with E-state index in [1.54, 1.807) is 0 Å². The largest absolute Gasteiger partial charge is 0.428 e. The summed E-state index contributed by atoms with van der Waals surface area (Å²) in [4.78, 5) is 10.7. The van der Waals surface area contributed by atoms with Gasteiger partial charge in [0.1, 0.15) is 0 Å². The minimum Gasteiger partial charge on any atom is -0.286 e. The fraction of sp³-hybridized carbons (Fsp3) is 0.889.